The smallest absolute Gasteiger partial charge is 0.358 e. The Hall–Kier alpha value is -7.99. The van der Waals surface area contributed by atoms with Crippen LogP contribution in [0.2, 0.25) is 0 Å². The van der Waals surface area contributed by atoms with Crippen LogP contribution in [0.5, 0.6) is 0 Å². The Morgan fingerprint density at radius 3 is 1.36 bits per heavy atom. The number of aromatic nitrogens is 7. The van der Waals surface area contributed by atoms with Gasteiger partial charge in [0.05, 0.1) is 44.1 Å². The van der Waals surface area contributed by atoms with Crippen LogP contribution in [0.15, 0.2) is 200 Å². The molecule has 0 bridgehead atoms. The topological polar surface area (TPSA) is 49.4 Å². The van der Waals surface area contributed by atoms with Crippen molar-refractivity contribution in [2.45, 2.75) is 0 Å². The van der Waals surface area contributed by atoms with Crippen molar-refractivity contribution < 1.29 is 21.1 Å². The average molecular weight is 999 g/mol. The van der Waals surface area contributed by atoms with Crippen molar-refractivity contribution in [3.63, 3.8) is 0 Å². The molecule has 0 spiro atoms. The third kappa shape index (κ3) is 5.13. The van der Waals surface area contributed by atoms with Crippen LogP contribution in [-0.2, 0) is 21.1 Å². The van der Waals surface area contributed by atoms with Crippen molar-refractivity contribution >= 4 is 77.5 Å². The molecule has 0 aliphatic carbocycles. The van der Waals surface area contributed by atoms with Gasteiger partial charge in [-0.3, -0.25) is 8.80 Å². The molecule has 0 fully saturated rings. The maximum Gasteiger partial charge on any atom is 2.00 e. The van der Waals surface area contributed by atoms with Crippen LogP contribution in [0.25, 0.3) is 117 Å². The first-order valence-corrected chi connectivity index (χ1v) is 21.2. The number of hydrogen-bond acceptors (Lipinski definition) is 2. The van der Waals surface area contributed by atoms with Gasteiger partial charge in [0.2, 0.25) is 11.6 Å². The normalized spacial score (nSPS) is 11.9. The number of fused-ring (bicyclic) bond motifs is 13. The fourth-order valence-corrected chi connectivity index (χ4v) is 10.0. The molecule has 64 heavy (non-hydrogen) atoms. The average Bonchev–Trinajstić information content (AvgIpc) is 4.14. The van der Waals surface area contributed by atoms with Crippen molar-refractivity contribution in [1.29, 1.82) is 0 Å². The Labute approximate surface area is 380 Å². The molecule has 0 radical (unpaired) electrons. The number of imidazole rings is 4. The quantitative estimate of drug-likeness (QED) is 0.161. The van der Waals surface area contributed by atoms with E-state index in [1.807, 2.05) is 0 Å². The van der Waals surface area contributed by atoms with E-state index in [-0.39, 0.29) is 21.1 Å². The van der Waals surface area contributed by atoms with E-state index in [1.54, 1.807) is 0 Å². The van der Waals surface area contributed by atoms with E-state index in [1.165, 1.54) is 0 Å². The molecule has 9 aromatic carbocycles. The summed E-state index contributed by atoms with van der Waals surface area (Å²) in [4.78, 5) is 10.5. The maximum atomic E-state index is 5.28. The van der Waals surface area contributed by atoms with Gasteiger partial charge in [0.25, 0.3) is 0 Å². The molecule has 7 nitrogen and oxygen atoms in total. The first-order valence-electron chi connectivity index (χ1n) is 21.2. The molecule has 0 aliphatic heterocycles. The zero-order valence-electron chi connectivity index (χ0n) is 34.0. The van der Waals surface area contributed by atoms with Crippen LogP contribution in [0.4, 0.5) is 0 Å². The number of hydrogen-bond donors (Lipinski definition) is 0. The maximum absolute atomic E-state index is 5.28. The van der Waals surface area contributed by atoms with Gasteiger partial charge >= 0.3 is 21.1 Å². The van der Waals surface area contributed by atoms with Crippen LogP contribution in [0, 0.1) is 12.1 Å². The summed E-state index contributed by atoms with van der Waals surface area (Å²) in [5.41, 5.74) is 17.7. The Morgan fingerprint density at radius 2 is 0.781 bits per heavy atom. The van der Waals surface area contributed by atoms with Crippen molar-refractivity contribution in [2.75, 3.05) is 0 Å². The molecule has 8 heteroatoms. The first kappa shape index (κ1) is 36.6. The molecule has 0 saturated carbocycles. The van der Waals surface area contributed by atoms with E-state index in [4.69, 9.17) is 9.97 Å². The molecule has 0 N–H and O–H groups in total. The van der Waals surface area contributed by atoms with E-state index in [0.717, 1.165) is 117 Å². The van der Waals surface area contributed by atoms with Gasteiger partial charge in [0.1, 0.15) is 0 Å². The molecule has 0 atom stereocenters. The molecule has 14 rings (SSSR count). The number of nitrogens with zero attached hydrogens (tertiary/aromatic N) is 7. The van der Waals surface area contributed by atoms with E-state index in [0.29, 0.717) is 0 Å². The van der Waals surface area contributed by atoms with Gasteiger partial charge in [-0.25, -0.2) is 9.97 Å². The van der Waals surface area contributed by atoms with E-state index in [2.05, 4.69) is 235 Å². The molecule has 0 amide bonds. The molecule has 14 aromatic rings. The van der Waals surface area contributed by atoms with Crippen LogP contribution in [0.3, 0.4) is 0 Å². The predicted molar refractivity (Wildman–Crippen MR) is 256 cm³/mol. The standard InChI is InChI=1S/C56H33N7.Pt/c1-3-16-36(17-4-1)41-23-14-30-50-53(41)62-48-28-11-8-25-45(48)57-55(62)60(50)39-21-13-20-38(34-39)59-47-27-10-7-22-43(47)44-33-32-40(35-52(44)59)61-51-31-15-24-42(37-18-5-2-6-19-37)54(51)63-49-29-12-9-26-46(49)58-56(61)63;/h1-33H;/q-2;+2. The Bertz CT molecular complexity index is 4150. The van der Waals surface area contributed by atoms with Crippen molar-refractivity contribution in [2.24, 2.45) is 0 Å². The van der Waals surface area contributed by atoms with E-state index in [9.17, 15) is 0 Å². The summed E-state index contributed by atoms with van der Waals surface area (Å²) in [5.74, 6) is 1.68. The largest absolute Gasteiger partial charge is 2.00 e. The van der Waals surface area contributed by atoms with Crippen molar-refractivity contribution in [1.82, 2.24) is 32.5 Å². The Morgan fingerprint density at radius 1 is 0.328 bits per heavy atom. The molecule has 5 aromatic heterocycles. The van der Waals surface area contributed by atoms with Gasteiger partial charge < -0.3 is 13.7 Å². The van der Waals surface area contributed by atoms with Gasteiger partial charge in [-0.15, -0.1) is 35.7 Å². The summed E-state index contributed by atoms with van der Waals surface area (Å²) in [6.07, 6.45) is 0. The van der Waals surface area contributed by atoms with E-state index >= 15 is 0 Å². The fourth-order valence-electron chi connectivity index (χ4n) is 10.0. The second-order valence-electron chi connectivity index (χ2n) is 16.1. The van der Waals surface area contributed by atoms with Crippen LogP contribution < -0.4 is 0 Å². The minimum absolute atomic E-state index is 0. The first-order chi connectivity index (χ1) is 31.3. The monoisotopic (exact) mass is 998 g/mol. The summed E-state index contributed by atoms with van der Waals surface area (Å²) in [6, 6.07) is 78.4. The predicted octanol–water partition coefficient (Wildman–Crippen LogP) is 13.2. The molecule has 0 saturated heterocycles. The molecule has 5 heterocycles. The van der Waals surface area contributed by atoms with Crippen LogP contribution in [-0.4, -0.2) is 32.5 Å². The molecule has 0 aliphatic rings. The molecular weight excluding hydrogens is 966 g/mol. The zero-order valence-corrected chi connectivity index (χ0v) is 36.3. The van der Waals surface area contributed by atoms with Gasteiger partial charge in [0, 0.05) is 16.6 Å². The second-order valence-corrected chi connectivity index (χ2v) is 16.1. The summed E-state index contributed by atoms with van der Waals surface area (Å²) < 4.78 is 11.4. The number of benzene rings is 9. The fraction of sp³-hybridized carbons (Fsp3) is 0. The number of para-hydroxylation sites is 7. The summed E-state index contributed by atoms with van der Waals surface area (Å²) >= 11 is 0. The second kappa shape index (κ2) is 14.0. The SMILES string of the molecule is [Pt+2].[c-]1c(-n2c3[c-]c(-n4c5cccc(-c6ccccc6)c5n5c6ccccc6nc45)ccc3c3ccccc32)cccc1-n1c2cccc(-c3ccccc3)c2n2c3ccccc3nc12. The minimum atomic E-state index is 0. The van der Waals surface area contributed by atoms with Gasteiger partial charge in [0.15, 0.2) is 0 Å². The van der Waals surface area contributed by atoms with Gasteiger partial charge in [-0.1, -0.05) is 150 Å². The molecule has 0 unspecified atom stereocenters. The van der Waals surface area contributed by atoms with Crippen molar-refractivity contribution in [3.8, 4) is 39.3 Å². The summed E-state index contributed by atoms with van der Waals surface area (Å²) in [5, 5.41) is 2.26. The third-order valence-corrected chi connectivity index (χ3v) is 12.7. The van der Waals surface area contributed by atoms with Gasteiger partial charge in [-0.2, -0.15) is 12.1 Å². The third-order valence-electron chi connectivity index (χ3n) is 12.7. The van der Waals surface area contributed by atoms with Gasteiger partial charge in [-0.05, 0) is 59.0 Å². The van der Waals surface area contributed by atoms with Crippen molar-refractivity contribution in [3.05, 3.63) is 212 Å². The zero-order chi connectivity index (χ0) is 41.2. The van der Waals surface area contributed by atoms with Crippen LogP contribution >= 0.6 is 0 Å². The summed E-state index contributed by atoms with van der Waals surface area (Å²) in [7, 11) is 0. The molecule has 302 valence electrons. The molecular formula is C56H33N7Pt. The Kier molecular flexibility index (Phi) is 8.02. The summed E-state index contributed by atoms with van der Waals surface area (Å²) in [6.45, 7) is 0. The van der Waals surface area contributed by atoms with Crippen LogP contribution in [0.1, 0.15) is 0 Å². The number of rotatable bonds is 5. The Balaban J connectivity index is 0.00000413. The minimum Gasteiger partial charge on any atom is -0.358 e. The van der Waals surface area contributed by atoms with E-state index < -0.39 is 0 Å².